The predicted octanol–water partition coefficient (Wildman–Crippen LogP) is 2.08. The lowest BCUT2D eigenvalue weighted by Gasteiger charge is -2.10. The van der Waals surface area contributed by atoms with E-state index in [2.05, 4.69) is 10.0 Å². The number of carbonyl (C=O) groups is 2. The van der Waals surface area contributed by atoms with E-state index < -0.39 is 16.0 Å². The minimum absolute atomic E-state index is 0.00213. The monoisotopic (exact) mass is 360 g/mol. The molecule has 1 aliphatic carbocycles. The van der Waals surface area contributed by atoms with Gasteiger partial charge in [0, 0.05) is 17.3 Å². The molecule has 0 bridgehead atoms. The zero-order chi connectivity index (χ0) is 18.0. The van der Waals surface area contributed by atoms with Crippen LogP contribution in [0.1, 0.15) is 33.6 Å². The first kappa shape index (κ1) is 17.0. The maximum Gasteiger partial charge on any atom is 0.335 e. The quantitative estimate of drug-likeness (QED) is 0.730. The van der Waals surface area contributed by atoms with Crippen molar-refractivity contribution in [3.05, 3.63) is 59.7 Å². The highest BCUT2D eigenvalue weighted by Crippen LogP contribution is 2.21. The van der Waals surface area contributed by atoms with Gasteiger partial charge in [-0.2, -0.15) is 0 Å². The van der Waals surface area contributed by atoms with Gasteiger partial charge < -0.3 is 10.4 Å². The van der Waals surface area contributed by atoms with Gasteiger partial charge in [-0.3, -0.25) is 9.52 Å². The molecular formula is C17H16N2O5S. The average Bonchev–Trinajstić information content (AvgIpc) is 3.38. The summed E-state index contributed by atoms with van der Waals surface area (Å²) in [6, 6.07) is 11.3. The normalized spacial score (nSPS) is 13.9. The van der Waals surface area contributed by atoms with E-state index in [1.54, 1.807) is 12.1 Å². The number of carboxylic acids is 1. The van der Waals surface area contributed by atoms with Gasteiger partial charge in [-0.25, -0.2) is 13.2 Å². The van der Waals surface area contributed by atoms with Crippen molar-refractivity contribution in [1.82, 2.24) is 5.32 Å². The maximum atomic E-state index is 12.4. The van der Waals surface area contributed by atoms with Gasteiger partial charge in [-0.15, -0.1) is 0 Å². The standard InChI is InChI=1S/C17H16N2O5S/c20-16(18-13-6-7-13)12-2-1-3-14(10-12)19-25(23,24)15-8-4-11(5-9-15)17(21)22/h1-5,8-10,13,19H,6-7H2,(H,18,20)(H,21,22). The lowest BCUT2D eigenvalue weighted by atomic mass is 10.2. The maximum absolute atomic E-state index is 12.4. The number of carboxylic acid groups (broad SMARTS) is 1. The van der Waals surface area contributed by atoms with Gasteiger partial charge >= 0.3 is 5.97 Å². The molecule has 8 heteroatoms. The number of sulfonamides is 1. The van der Waals surface area contributed by atoms with Gasteiger partial charge in [0.15, 0.2) is 0 Å². The van der Waals surface area contributed by atoms with Crippen LogP contribution in [0, 0.1) is 0 Å². The molecule has 1 amide bonds. The molecule has 0 heterocycles. The summed E-state index contributed by atoms with van der Waals surface area (Å²) in [7, 11) is -3.88. The highest BCUT2D eigenvalue weighted by molar-refractivity contribution is 7.92. The van der Waals surface area contributed by atoms with E-state index in [9.17, 15) is 18.0 Å². The van der Waals surface area contributed by atoms with E-state index in [4.69, 9.17) is 5.11 Å². The van der Waals surface area contributed by atoms with E-state index in [0.29, 0.717) is 5.56 Å². The summed E-state index contributed by atoms with van der Waals surface area (Å²) in [6.07, 6.45) is 1.93. The third-order valence-corrected chi connectivity index (χ3v) is 5.10. The Kier molecular flexibility index (Phi) is 4.45. The highest BCUT2D eigenvalue weighted by atomic mass is 32.2. The van der Waals surface area contributed by atoms with Crippen molar-refractivity contribution < 1.29 is 23.1 Å². The van der Waals surface area contributed by atoms with Gasteiger partial charge in [-0.05, 0) is 55.3 Å². The lowest BCUT2D eigenvalue weighted by molar-refractivity contribution is 0.0696. The Bertz CT molecular complexity index is 918. The number of benzene rings is 2. The van der Waals surface area contributed by atoms with Crippen molar-refractivity contribution in [2.24, 2.45) is 0 Å². The Morgan fingerprint density at radius 2 is 1.68 bits per heavy atom. The second-order valence-electron chi connectivity index (χ2n) is 5.76. The van der Waals surface area contributed by atoms with Crippen molar-refractivity contribution in [2.45, 2.75) is 23.8 Å². The summed E-state index contributed by atoms with van der Waals surface area (Å²) >= 11 is 0. The molecule has 0 aromatic heterocycles. The molecule has 130 valence electrons. The summed E-state index contributed by atoms with van der Waals surface area (Å²) in [4.78, 5) is 22.8. The fraction of sp³-hybridized carbons (Fsp3) is 0.176. The van der Waals surface area contributed by atoms with Crippen LogP contribution in [-0.4, -0.2) is 31.4 Å². The third-order valence-electron chi connectivity index (χ3n) is 3.70. The Morgan fingerprint density at radius 3 is 2.28 bits per heavy atom. The van der Waals surface area contributed by atoms with Crippen molar-refractivity contribution in [1.29, 1.82) is 0 Å². The molecule has 0 unspecified atom stereocenters. The van der Waals surface area contributed by atoms with E-state index in [-0.39, 0.29) is 28.1 Å². The number of rotatable bonds is 6. The first-order valence-corrected chi connectivity index (χ1v) is 9.10. The van der Waals surface area contributed by atoms with Gasteiger partial charge in [0.05, 0.1) is 10.5 Å². The molecule has 7 nitrogen and oxygen atoms in total. The first-order chi connectivity index (χ1) is 11.8. The van der Waals surface area contributed by atoms with Crippen LogP contribution in [0.2, 0.25) is 0 Å². The van der Waals surface area contributed by atoms with Gasteiger partial charge in [0.25, 0.3) is 15.9 Å². The van der Waals surface area contributed by atoms with Gasteiger partial charge in [0.1, 0.15) is 0 Å². The predicted molar refractivity (Wildman–Crippen MR) is 91.1 cm³/mol. The van der Waals surface area contributed by atoms with Crippen molar-refractivity contribution >= 4 is 27.6 Å². The topological polar surface area (TPSA) is 113 Å². The van der Waals surface area contributed by atoms with E-state index in [0.717, 1.165) is 12.8 Å². The molecule has 1 saturated carbocycles. The molecule has 25 heavy (non-hydrogen) atoms. The van der Waals surface area contributed by atoms with Crippen LogP contribution in [-0.2, 0) is 10.0 Å². The van der Waals surface area contributed by atoms with Crippen LogP contribution in [0.5, 0.6) is 0 Å². The van der Waals surface area contributed by atoms with Gasteiger partial charge in [0.2, 0.25) is 0 Å². The molecule has 0 radical (unpaired) electrons. The molecule has 0 spiro atoms. The molecule has 0 saturated heterocycles. The van der Waals surface area contributed by atoms with E-state index in [1.165, 1.54) is 36.4 Å². The number of carbonyl (C=O) groups excluding carboxylic acids is 1. The molecular weight excluding hydrogens is 344 g/mol. The molecule has 3 rings (SSSR count). The van der Waals surface area contributed by atoms with Crippen LogP contribution in [0.25, 0.3) is 0 Å². The fourth-order valence-electron chi connectivity index (χ4n) is 2.21. The molecule has 1 fully saturated rings. The molecule has 2 aromatic rings. The van der Waals surface area contributed by atoms with Crippen LogP contribution in [0.3, 0.4) is 0 Å². The molecule has 3 N–H and O–H groups in total. The second kappa shape index (κ2) is 6.56. The SMILES string of the molecule is O=C(O)c1ccc(S(=O)(=O)Nc2cccc(C(=O)NC3CC3)c2)cc1. The zero-order valence-electron chi connectivity index (χ0n) is 13.1. The van der Waals surface area contributed by atoms with Gasteiger partial charge in [-0.1, -0.05) is 6.07 Å². The van der Waals surface area contributed by atoms with Crippen LogP contribution >= 0.6 is 0 Å². The summed E-state index contributed by atoms with van der Waals surface area (Å²) < 4.78 is 27.2. The zero-order valence-corrected chi connectivity index (χ0v) is 13.9. The minimum Gasteiger partial charge on any atom is -0.478 e. The number of hydrogen-bond donors (Lipinski definition) is 3. The molecule has 2 aromatic carbocycles. The second-order valence-corrected chi connectivity index (χ2v) is 7.45. The third kappa shape index (κ3) is 4.16. The molecule has 0 atom stereocenters. The minimum atomic E-state index is -3.88. The number of amides is 1. The van der Waals surface area contributed by atoms with E-state index >= 15 is 0 Å². The Labute approximate surface area is 144 Å². The van der Waals surface area contributed by atoms with E-state index in [1.807, 2.05) is 0 Å². The summed E-state index contributed by atoms with van der Waals surface area (Å²) in [6.45, 7) is 0. The van der Waals surface area contributed by atoms with Crippen LogP contribution in [0.15, 0.2) is 53.4 Å². The Balaban J connectivity index is 1.78. The highest BCUT2D eigenvalue weighted by Gasteiger charge is 2.24. The van der Waals surface area contributed by atoms with Crippen molar-refractivity contribution in [3.63, 3.8) is 0 Å². The lowest BCUT2D eigenvalue weighted by Crippen LogP contribution is -2.25. The Morgan fingerprint density at radius 1 is 1.00 bits per heavy atom. The number of aromatic carboxylic acids is 1. The number of hydrogen-bond acceptors (Lipinski definition) is 4. The molecule has 0 aliphatic heterocycles. The summed E-state index contributed by atoms with van der Waals surface area (Å²) in [5, 5.41) is 11.7. The van der Waals surface area contributed by atoms with Crippen molar-refractivity contribution in [2.75, 3.05) is 4.72 Å². The summed E-state index contributed by atoms with van der Waals surface area (Å²) in [5.74, 6) is -1.37. The average molecular weight is 360 g/mol. The van der Waals surface area contributed by atoms with Crippen LogP contribution < -0.4 is 10.0 Å². The number of anilines is 1. The summed E-state index contributed by atoms with van der Waals surface area (Å²) in [5.41, 5.74) is 0.622. The largest absolute Gasteiger partial charge is 0.478 e. The number of nitrogens with one attached hydrogen (secondary N) is 2. The Hall–Kier alpha value is -2.87. The first-order valence-electron chi connectivity index (χ1n) is 7.62. The smallest absolute Gasteiger partial charge is 0.335 e. The van der Waals surface area contributed by atoms with Crippen molar-refractivity contribution in [3.8, 4) is 0 Å². The fourth-order valence-corrected chi connectivity index (χ4v) is 3.26. The molecule has 1 aliphatic rings. The van der Waals surface area contributed by atoms with Crippen LogP contribution in [0.4, 0.5) is 5.69 Å².